The van der Waals surface area contributed by atoms with Crippen LogP contribution in [-0.4, -0.2) is 26.9 Å². The molecule has 0 amide bonds. The minimum absolute atomic E-state index is 0.245. The lowest BCUT2D eigenvalue weighted by molar-refractivity contribution is -0.207. The van der Waals surface area contributed by atoms with Gasteiger partial charge >= 0.3 is 11.9 Å². The highest BCUT2D eigenvalue weighted by molar-refractivity contribution is 6.30. The summed E-state index contributed by atoms with van der Waals surface area (Å²) in [5.41, 5.74) is 0.0374. The molecule has 20 heavy (non-hydrogen) atoms. The molecular weight excluding hydrogens is 297 g/mol. The second-order valence-electron chi connectivity index (χ2n) is 4.15. The first-order chi connectivity index (χ1) is 9.29. The van der Waals surface area contributed by atoms with Gasteiger partial charge in [0, 0.05) is 11.2 Å². The summed E-state index contributed by atoms with van der Waals surface area (Å²) in [6.45, 7) is -0.871. The third kappa shape index (κ3) is 3.05. The van der Waals surface area contributed by atoms with Crippen molar-refractivity contribution in [1.29, 1.82) is 0 Å². The Bertz CT molecular complexity index is 646. The van der Waals surface area contributed by atoms with E-state index in [9.17, 15) is 18.0 Å². The number of hydrogen-bond donors (Lipinski definition) is 2. The van der Waals surface area contributed by atoms with E-state index in [0.29, 0.717) is 10.6 Å². The predicted molar refractivity (Wildman–Crippen MR) is 67.6 cm³/mol. The molecule has 8 heteroatoms. The molecule has 0 saturated heterocycles. The van der Waals surface area contributed by atoms with Crippen molar-refractivity contribution in [3.05, 3.63) is 46.0 Å². The van der Waals surface area contributed by atoms with E-state index in [1.165, 1.54) is 6.20 Å². The molecule has 0 saturated carbocycles. The zero-order valence-electron chi connectivity index (χ0n) is 9.99. The number of H-pyrrole nitrogens is 1. The molecule has 2 aromatic rings. The molecule has 4 nitrogen and oxygen atoms in total. The zero-order valence-corrected chi connectivity index (χ0v) is 10.7. The first kappa shape index (κ1) is 14.7. The molecule has 0 radical (unpaired) electrons. The lowest BCUT2D eigenvalue weighted by Gasteiger charge is -2.16. The van der Waals surface area contributed by atoms with Crippen molar-refractivity contribution in [3.8, 4) is 11.3 Å². The highest BCUT2D eigenvalue weighted by atomic mass is 35.5. The van der Waals surface area contributed by atoms with E-state index in [-0.39, 0.29) is 5.69 Å². The summed E-state index contributed by atoms with van der Waals surface area (Å²) in [5, 5.41) is 9.54. The van der Waals surface area contributed by atoms with Crippen LogP contribution in [0.25, 0.3) is 11.3 Å². The molecule has 0 aliphatic heterocycles. The van der Waals surface area contributed by atoms with Crippen molar-refractivity contribution < 1.29 is 18.3 Å². The zero-order chi connectivity index (χ0) is 14.9. The fourth-order valence-corrected chi connectivity index (χ4v) is 1.84. The summed E-state index contributed by atoms with van der Waals surface area (Å²) in [6, 6.07) is 6.25. The molecule has 2 N–H and O–H groups in total. The van der Waals surface area contributed by atoms with Gasteiger partial charge in [-0.15, -0.1) is 0 Å². The maximum absolute atomic E-state index is 12.4. The molecule has 1 unspecified atom stereocenters. The quantitative estimate of drug-likeness (QED) is 0.915. The van der Waals surface area contributed by atoms with Crippen molar-refractivity contribution in [2.45, 2.75) is 18.8 Å². The van der Waals surface area contributed by atoms with Crippen LogP contribution in [0.1, 0.15) is 0 Å². The van der Waals surface area contributed by atoms with Crippen LogP contribution in [0.5, 0.6) is 0 Å². The lowest BCUT2D eigenvalue weighted by atomic mass is 10.1. The first-order valence-electron chi connectivity index (χ1n) is 5.58. The molecule has 1 atom stereocenters. The topological polar surface area (TPSA) is 58.0 Å². The van der Waals surface area contributed by atoms with Crippen LogP contribution in [0.15, 0.2) is 35.3 Å². The van der Waals surface area contributed by atoms with E-state index in [0.717, 1.165) is 4.57 Å². The molecule has 1 heterocycles. The third-order valence-electron chi connectivity index (χ3n) is 2.74. The van der Waals surface area contributed by atoms with Crippen molar-refractivity contribution in [2.75, 3.05) is 0 Å². The number of imidazole rings is 1. The number of nitrogens with zero attached hydrogens (tertiary/aromatic N) is 1. The number of alkyl halides is 3. The van der Waals surface area contributed by atoms with Crippen molar-refractivity contribution in [3.63, 3.8) is 0 Å². The van der Waals surface area contributed by atoms with Gasteiger partial charge in [-0.1, -0.05) is 23.7 Å². The summed E-state index contributed by atoms with van der Waals surface area (Å²) in [6.07, 6.45) is -6.11. The molecule has 0 aliphatic rings. The Balaban J connectivity index is 2.37. The van der Waals surface area contributed by atoms with E-state index in [4.69, 9.17) is 16.7 Å². The lowest BCUT2D eigenvalue weighted by Crippen LogP contribution is -2.36. The largest absolute Gasteiger partial charge is 0.416 e. The predicted octanol–water partition coefficient (Wildman–Crippen LogP) is 2.42. The number of rotatable bonds is 3. The Hall–Kier alpha value is -1.73. The van der Waals surface area contributed by atoms with Gasteiger partial charge in [-0.3, -0.25) is 4.57 Å². The SMILES string of the molecule is O=c1[nH]cc(-c2ccc(Cl)cc2)n1CC(O)C(F)(F)F. The Morgan fingerprint density at radius 3 is 2.45 bits per heavy atom. The van der Waals surface area contributed by atoms with Crippen LogP contribution < -0.4 is 5.69 Å². The smallest absolute Gasteiger partial charge is 0.382 e. The van der Waals surface area contributed by atoms with Crippen LogP contribution in [0.4, 0.5) is 13.2 Å². The fourth-order valence-electron chi connectivity index (χ4n) is 1.71. The van der Waals surface area contributed by atoms with Crippen LogP contribution in [0.3, 0.4) is 0 Å². The monoisotopic (exact) mass is 306 g/mol. The number of aromatic amines is 1. The number of halogens is 4. The van der Waals surface area contributed by atoms with Gasteiger partial charge in [0.05, 0.1) is 12.2 Å². The molecule has 1 aromatic heterocycles. The molecule has 1 aromatic carbocycles. The van der Waals surface area contributed by atoms with Gasteiger partial charge in [-0.2, -0.15) is 13.2 Å². The second-order valence-corrected chi connectivity index (χ2v) is 4.59. The Kier molecular flexibility index (Phi) is 3.92. The van der Waals surface area contributed by atoms with Gasteiger partial charge in [-0.25, -0.2) is 4.79 Å². The van der Waals surface area contributed by atoms with Gasteiger partial charge in [0.1, 0.15) is 0 Å². The number of benzene rings is 1. The van der Waals surface area contributed by atoms with Gasteiger partial charge in [0.15, 0.2) is 6.10 Å². The van der Waals surface area contributed by atoms with Crippen LogP contribution >= 0.6 is 11.6 Å². The Morgan fingerprint density at radius 2 is 1.90 bits per heavy atom. The van der Waals surface area contributed by atoms with E-state index in [2.05, 4.69) is 4.98 Å². The van der Waals surface area contributed by atoms with Crippen molar-refractivity contribution in [1.82, 2.24) is 9.55 Å². The van der Waals surface area contributed by atoms with Crippen LogP contribution in [-0.2, 0) is 6.54 Å². The minimum atomic E-state index is -4.78. The van der Waals surface area contributed by atoms with Crippen LogP contribution in [0.2, 0.25) is 5.02 Å². The molecule has 0 spiro atoms. The van der Waals surface area contributed by atoms with E-state index in [1.54, 1.807) is 24.3 Å². The molecule has 0 fully saturated rings. The summed E-state index contributed by atoms with van der Waals surface area (Å²) >= 11 is 5.72. The first-order valence-corrected chi connectivity index (χ1v) is 5.96. The fraction of sp³-hybridized carbons (Fsp3) is 0.250. The summed E-state index contributed by atoms with van der Waals surface area (Å²) in [5.74, 6) is 0. The average molecular weight is 307 g/mol. The van der Waals surface area contributed by atoms with Crippen molar-refractivity contribution >= 4 is 11.6 Å². The van der Waals surface area contributed by atoms with Gasteiger partial charge in [-0.05, 0) is 17.7 Å². The third-order valence-corrected chi connectivity index (χ3v) is 2.99. The Morgan fingerprint density at radius 1 is 1.30 bits per heavy atom. The highest BCUT2D eigenvalue weighted by Gasteiger charge is 2.38. The minimum Gasteiger partial charge on any atom is -0.382 e. The number of aliphatic hydroxyl groups is 1. The Labute approximate surface area is 116 Å². The summed E-state index contributed by atoms with van der Waals surface area (Å²) in [7, 11) is 0. The molecule has 0 bridgehead atoms. The second kappa shape index (κ2) is 5.34. The van der Waals surface area contributed by atoms with Gasteiger partial charge in [0.2, 0.25) is 0 Å². The van der Waals surface area contributed by atoms with Crippen LogP contribution in [0, 0.1) is 0 Å². The number of nitrogens with one attached hydrogen (secondary N) is 1. The summed E-state index contributed by atoms with van der Waals surface area (Å²) in [4.78, 5) is 13.8. The summed E-state index contributed by atoms with van der Waals surface area (Å²) < 4.78 is 37.9. The normalized spacial score (nSPS) is 13.4. The maximum atomic E-state index is 12.4. The molecular formula is C12H10ClF3N2O2. The maximum Gasteiger partial charge on any atom is 0.416 e. The van der Waals surface area contributed by atoms with E-state index < -0.39 is 24.5 Å². The standard InChI is InChI=1S/C12H10ClF3N2O2/c13-8-3-1-7(2-4-8)9-5-17-11(20)18(9)6-10(19)12(14,15)16/h1-5,10,19H,6H2,(H,17,20). The van der Waals surface area contributed by atoms with Gasteiger partial charge < -0.3 is 10.1 Å². The number of hydrogen-bond acceptors (Lipinski definition) is 2. The molecule has 0 aliphatic carbocycles. The highest BCUT2D eigenvalue weighted by Crippen LogP contribution is 2.24. The molecule has 2 rings (SSSR count). The van der Waals surface area contributed by atoms with Gasteiger partial charge in [0.25, 0.3) is 0 Å². The number of aliphatic hydroxyl groups excluding tert-OH is 1. The van der Waals surface area contributed by atoms with E-state index in [1.807, 2.05) is 0 Å². The van der Waals surface area contributed by atoms with Crippen molar-refractivity contribution in [2.24, 2.45) is 0 Å². The van der Waals surface area contributed by atoms with E-state index >= 15 is 0 Å². The molecule has 108 valence electrons. The average Bonchev–Trinajstić information content (AvgIpc) is 2.71. The number of aromatic nitrogens is 2.